The Kier molecular flexibility index (Phi) is 2.43. The molecule has 0 aliphatic heterocycles. The van der Waals surface area contributed by atoms with Crippen molar-refractivity contribution in [3.05, 3.63) is 34.3 Å². The van der Waals surface area contributed by atoms with Crippen molar-refractivity contribution in [2.24, 2.45) is 0 Å². The number of hydrogen-bond acceptors (Lipinski definition) is 0. The topological polar surface area (TPSA) is 0 Å². The van der Waals surface area contributed by atoms with Crippen LogP contribution in [0.4, 0.5) is 4.39 Å². The molecule has 0 N–H and O–H groups in total. The van der Waals surface area contributed by atoms with Gasteiger partial charge in [0, 0.05) is 5.02 Å². The lowest BCUT2D eigenvalue weighted by atomic mass is 9.99. The molecule has 0 radical (unpaired) electrons. The molecule has 12 heavy (non-hydrogen) atoms. The minimum Gasteiger partial charge on any atom is -0.239 e. The maximum absolute atomic E-state index is 13.4. The highest BCUT2D eigenvalue weighted by Crippen LogP contribution is 2.28. The van der Waals surface area contributed by atoms with Crippen LogP contribution < -0.4 is 0 Å². The average molecular weight is 187 g/mol. The Balaban J connectivity index is 3.14. The summed E-state index contributed by atoms with van der Waals surface area (Å²) in [5.41, 5.74) is 0.292. The third-order valence-electron chi connectivity index (χ3n) is 1.86. The van der Waals surface area contributed by atoms with Gasteiger partial charge in [0.2, 0.25) is 0 Å². The first kappa shape index (κ1) is 9.53. The molecule has 0 amide bonds. The van der Waals surface area contributed by atoms with Gasteiger partial charge in [0.1, 0.15) is 5.67 Å². The Labute approximate surface area is 77.4 Å². The molecule has 0 fully saturated rings. The lowest BCUT2D eigenvalue weighted by molar-refractivity contribution is 0.221. The Hall–Kier alpha value is -0.560. The average Bonchev–Trinajstić information content (AvgIpc) is 1.92. The Morgan fingerprint density at radius 1 is 1.33 bits per heavy atom. The maximum Gasteiger partial charge on any atom is 0.130 e. The van der Waals surface area contributed by atoms with Crippen LogP contribution in [0.1, 0.15) is 25.0 Å². The van der Waals surface area contributed by atoms with Gasteiger partial charge in [0.05, 0.1) is 0 Å². The van der Waals surface area contributed by atoms with Crippen LogP contribution in [-0.4, -0.2) is 0 Å². The molecule has 0 saturated carbocycles. The minimum atomic E-state index is -1.31. The molecule has 0 aliphatic rings. The van der Waals surface area contributed by atoms with E-state index in [1.165, 1.54) is 13.8 Å². The number of halogens is 2. The molecular weight excluding hydrogens is 175 g/mol. The molecule has 0 unspecified atom stereocenters. The SMILES string of the molecule is Cc1ccc(C(C)(C)F)cc1Cl. The Morgan fingerprint density at radius 3 is 2.33 bits per heavy atom. The molecule has 1 aromatic rings. The highest BCUT2D eigenvalue weighted by molar-refractivity contribution is 6.31. The lowest BCUT2D eigenvalue weighted by Gasteiger charge is -2.15. The van der Waals surface area contributed by atoms with Crippen molar-refractivity contribution in [2.75, 3.05) is 0 Å². The van der Waals surface area contributed by atoms with Crippen molar-refractivity contribution >= 4 is 11.6 Å². The van der Waals surface area contributed by atoms with E-state index in [1.807, 2.05) is 13.0 Å². The fourth-order valence-electron chi connectivity index (χ4n) is 0.963. The first-order valence-electron chi connectivity index (χ1n) is 3.87. The predicted octanol–water partition coefficient (Wildman–Crippen LogP) is 3.85. The molecule has 0 aromatic heterocycles. The van der Waals surface area contributed by atoms with Gasteiger partial charge in [-0.2, -0.15) is 0 Å². The number of aryl methyl sites for hydroxylation is 1. The summed E-state index contributed by atoms with van der Waals surface area (Å²) in [7, 11) is 0. The Morgan fingerprint density at radius 2 is 1.92 bits per heavy atom. The third-order valence-corrected chi connectivity index (χ3v) is 2.27. The van der Waals surface area contributed by atoms with Crippen molar-refractivity contribution < 1.29 is 4.39 Å². The van der Waals surface area contributed by atoms with Crippen LogP contribution >= 0.6 is 11.6 Å². The zero-order valence-electron chi connectivity index (χ0n) is 7.49. The standard InChI is InChI=1S/C10H12ClF/c1-7-4-5-8(6-9(7)11)10(2,3)12/h4-6H,1-3H3. The van der Waals surface area contributed by atoms with E-state index in [0.717, 1.165) is 5.56 Å². The van der Waals surface area contributed by atoms with Gasteiger partial charge in [0.15, 0.2) is 0 Å². The van der Waals surface area contributed by atoms with Gasteiger partial charge in [-0.3, -0.25) is 0 Å². The van der Waals surface area contributed by atoms with Crippen LogP contribution in [-0.2, 0) is 5.67 Å². The first-order valence-corrected chi connectivity index (χ1v) is 4.24. The van der Waals surface area contributed by atoms with E-state index >= 15 is 0 Å². The van der Waals surface area contributed by atoms with Gasteiger partial charge >= 0.3 is 0 Å². The molecule has 1 aromatic carbocycles. The number of rotatable bonds is 1. The first-order chi connectivity index (χ1) is 5.41. The highest BCUT2D eigenvalue weighted by atomic mass is 35.5. The molecule has 0 heterocycles. The van der Waals surface area contributed by atoms with Gasteiger partial charge < -0.3 is 0 Å². The molecule has 0 saturated heterocycles. The van der Waals surface area contributed by atoms with E-state index in [0.29, 0.717) is 10.6 Å². The number of hydrogen-bond donors (Lipinski definition) is 0. The van der Waals surface area contributed by atoms with Crippen LogP contribution in [0.2, 0.25) is 5.02 Å². The van der Waals surface area contributed by atoms with E-state index in [4.69, 9.17) is 11.6 Å². The zero-order valence-corrected chi connectivity index (χ0v) is 8.24. The molecule has 0 atom stereocenters. The third kappa shape index (κ3) is 1.98. The van der Waals surface area contributed by atoms with Crippen LogP contribution in [0.3, 0.4) is 0 Å². The predicted molar refractivity (Wildman–Crippen MR) is 50.3 cm³/mol. The van der Waals surface area contributed by atoms with E-state index in [9.17, 15) is 4.39 Å². The van der Waals surface area contributed by atoms with Gasteiger partial charge in [0.25, 0.3) is 0 Å². The number of benzene rings is 1. The fourth-order valence-corrected chi connectivity index (χ4v) is 1.14. The fraction of sp³-hybridized carbons (Fsp3) is 0.400. The van der Waals surface area contributed by atoms with Gasteiger partial charge in [-0.15, -0.1) is 0 Å². The molecule has 2 heteroatoms. The summed E-state index contributed by atoms with van der Waals surface area (Å²) >= 11 is 5.85. The largest absolute Gasteiger partial charge is 0.239 e. The van der Waals surface area contributed by atoms with Crippen molar-refractivity contribution in [1.29, 1.82) is 0 Å². The zero-order chi connectivity index (χ0) is 9.35. The lowest BCUT2D eigenvalue weighted by Crippen LogP contribution is -2.08. The van der Waals surface area contributed by atoms with E-state index < -0.39 is 5.67 Å². The molecule has 0 spiro atoms. The molecular formula is C10H12ClF. The van der Waals surface area contributed by atoms with Crippen LogP contribution in [0.25, 0.3) is 0 Å². The van der Waals surface area contributed by atoms with Crippen molar-refractivity contribution in [2.45, 2.75) is 26.4 Å². The summed E-state index contributed by atoms with van der Waals surface area (Å²) in [6.07, 6.45) is 0. The summed E-state index contributed by atoms with van der Waals surface area (Å²) in [4.78, 5) is 0. The molecule has 1 rings (SSSR count). The molecule has 66 valence electrons. The summed E-state index contributed by atoms with van der Waals surface area (Å²) in [5, 5.41) is 0.623. The molecule has 0 nitrogen and oxygen atoms in total. The van der Waals surface area contributed by atoms with Crippen molar-refractivity contribution in [3.63, 3.8) is 0 Å². The Bertz CT molecular complexity index is 286. The van der Waals surface area contributed by atoms with E-state index in [2.05, 4.69) is 0 Å². The van der Waals surface area contributed by atoms with E-state index in [-0.39, 0.29) is 0 Å². The molecule has 0 aliphatic carbocycles. The van der Waals surface area contributed by atoms with Crippen molar-refractivity contribution in [1.82, 2.24) is 0 Å². The van der Waals surface area contributed by atoms with Crippen molar-refractivity contribution in [3.8, 4) is 0 Å². The van der Waals surface area contributed by atoms with Crippen LogP contribution in [0, 0.1) is 6.92 Å². The summed E-state index contributed by atoms with van der Waals surface area (Å²) in [6, 6.07) is 5.27. The smallest absolute Gasteiger partial charge is 0.130 e. The molecule has 0 bridgehead atoms. The summed E-state index contributed by atoms with van der Waals surface area (Å²) in [5.74, 6) is 0. The van der Waals surface area contributed by atoms with Gasteiger partial charge in [-0.25, -0.2) is 4.39 Å². The minimum absolute atomic E-state index is 0.623. The highest BCUT2D eigenvalue weighted by Gasteiger charge is 2.18. The monoisotopic (exact) mass is 186 g/mol. The second kappa shape index (κ2) is 3.06. The second-order valence-electron chi connectivity index (χ2n) is 3.44. The summed E-state index contributed by atoms with van der Waals surface area (Å²) < 4.78 is 13.4. The maximum atomic E-state index is 13.4. The normalized spacial score (nSPS) is 11.8. The van der Waals surface area contributed by atoms with E-state index in [1.54, 1.807) is 12.1 Å². The van der Waals surface area contributed by atoms with Gasteiger partial charge in [-0.05, 0) is 38.0 Å². The second-order valence-corrected chi connectivity index (χ2v) is 3.84. The van der Waals surface area contributed by atoms with Crippen LogP contribution in [0.5, 0.6) is 0 Å². The number of alkyl halides is 1. The van der Waals surface area contributed by atoms with Gasteiger partial charge in [-0.1, -0.05) is 23.7 Å². The van der Waals surface area contributed by atoms with Crippen LogP contribution in [0.15, 0.2) is 18.2 Å². The summed E-state index contributed by atoms with van der Waals surface area (Å²) in [6.45, 7) is 4.94. The quantitative estimate of drug-likeness (QED) is 0.625.